The number of nitrogens with one attached hydrogen (secondary N) is 1. The van der Waals surface area contributed by atoms with Gasteiger partial charge in [-0.3, -0.25) is 4.90 Å². The van der Waals surface area contributed by atoms with Crippen LogP contribution in [0.3, 0.4) is 0 Å². The molecule has 1 saturated heterocycles. The number of hydrogen-bond acceptors (Lipinski definition) is 2. The lowest BCUT2D eigenvalue weighted by Crippen LogP contribution is -2.41. The van der Waals surface area contributed by atoms with E-state index in [9.17, 15) is 0 Å². The Morgan fingerprint density at radius 2 is 1.83 bits per heavy atom. The molecule has 0 amide bonds. The molecule has 1 fully saturated rings. The van der Waals surface area contributed by atoms with Gasteiger partial charge in [0, 0.05) is 12.6 Å². The first-order chi connectivity index (χ1) is 8.58. The Morgan fingerprint density at radius 3 is 2.33 bits per heavy atom. The van der Waals surface area contributed by atoms with E-state index in [4.69, 9.17) is 0 Å². The summed E-state index contributed by atoms with van der Waals surface area (Å²) in [6.07, 6.45) is 5.32. The molecule has 2 atom stereocenters. The van der Waals surface area contributed by atoms with Crippen molar-refractivity contribution in [2.24, 2.45) is 11.3 Å². The predicted molar refractivity (Wildman–Crippen MR) is 81.0 cm³/mol. The Balaban J connectivity index is 2.41. The van der Waals surface area contributed by atoms with Crippen LogP contribution in [0.4, 0.5) is 0 Å². The number of rotatable bonds is 8. The van der Waals surface area contributed by atoms with Crippen LogP contribution in [0.25, 0.3) is 0 Å². The monoisotopic (exact) mass is 254 g/mol. The van der Waals surface area contributed by atoms with Gasteiger partial charge in [-0.25, -0.2) is 0 Å². The van der Waals surface area contributed by atoms with Crippen LogP contribution in [0.2, 0.25) is 0 Å². The molecular formula is C16H34N2. The van der Waals surface area contributed by atoms with Crippen molar-refractivity contribution in [1.29, 1.82) is 0 Å². The van der Waals surface area contributed by atoms with E-state index < -0.39 is 0 Å². The number of hydrogen-bond donors (Lipinski definition) is 1. The van der Waals surface area contributed by atoms with Crippen molar-refractivity contribution in [1.82, 2.24) is 10.2 Å². The minimum absolute atomic E-state index is 0.616. The number of likely N-dealkylation sites (tertiary alicyclic amines) is 1. The van der Waals surface area contributed by atoms with Crippen molar-refractivity contribution >= 4 is 0 Å². The largest absolute Gasteiger partial charge is 0.316 e. The van der Waals surface area contributed by atoms with Crippen molar-refractivity contribution < 1.29 is 0 Å². The Kier molecular flexibility index (Phi) is 6.65. The second-order valence-electron chi connectivity index (χ2n) is 6.35. The van der Waals surface area contributed by atoms with Crippen molar-refractivity contribution in [3.05, 3.63) is 0 Å². The molecule has 2 heteroatoms. The van der Waals surface area contributed by atoms with Gasteiger partial charge in [-0.05, 0) is 63.6 Å². The van der Waals surface area contributed by atoms with Gasteiger partial charge in [0.1, 0.15) is 0 Å². The maximum Gasteiger partial charge on any atom is 0.0105 e. The smallest absolute Gasteiger partial charge is 0.0105 e. The highest BCUT2D eigenvalue weighted by molar-refractivity contribution is 4.91. The third-order valence-electron chi connectivity index (χ3n) is 5.26. The zero-order valence-corrected chi connectivity index (χ0v) is 13.3. The molecule has 18 heavy (non-hydrogen) atoms. The van der Waals surface area contributed by atoms with Gasteiger partial charge in [-0.2, -0.15) is 0 Å². The van der Waals surface area contributed by atoms with E-state index in [1.165, 1.54) is 38.8 Å². The molecule has 1 N–H and O–H groups in total. The first kappa shape index (κ1) is 16.0. The highest BCUT2D eigenvalue weighted by Gasteiger charge is 2.37. The van der Waals surface area contributed by atoms with Crippen LogP contribution in [0, 0.1) is 11.3 Å². The molecule has 0 radical (unpaired) electrons. The highest BCUT2D eigenvalue weighted by atomic mass is 15.2. The summed E-state index contributed by atoms with van der Waals surface area (Å²) in [4.78, 5) is 2.73. The minimum Gasteiger partial charge on any atom is -0.316 e. The lowest BCUT2D eigenvalue weighted by atomic mass is 9.82. The van der Waals surface area contributed by atoms with Gasteiger partial charge >= 0.3 is 0 Å². The fraction of sp³-hybridized carbons (Fsp3) is 1.00. The minimum atomic E-state index is 0.616. The topological polar surface area (TPSA) is 15.3 Å². The van der Waals surface area contributed by atoms with Gasteiger partial charge < -0.3 is 5.32 Å². The Bertz CT molecular complexity index is 223. The van der Waals surface area contributed by atoms with E-state index in [0.717, 1.165) is 19.0 Å². The molecule has 2 unspecified atom stereocenters. The zero-order chi connectivity index (χ0) is 13.6. The standard InChI is InChI=1S/C16H34N2/c1-6-10-17-12-14(4)15(5)18-11-9-16(7-2,8-3)13-18/h14-15,17H,6-13H2,1-5H3. The molecule has 0 aromatic rings. The zero-order valence-electron chi connectivity index (χ0n) is 13.3. The van der Waals surface area contributed by atoms with Gasteiger partial charge in [-0.1, -0.05) is 27.7 Å². The van der Waals surface area contributed by atoms with Crippen LogP contribution in [-0.2, 0) is 0 Å². The van der Waals surface area contributed by atoms with Crippen molar-refractivity contribution in [3.8, 4) is 0 Å². The third kappa shape index (κ3) is 3.96. The van der Waals surface area contributed by atoms with Gasteiger partial charge in [0.15, 0.2) is 0 Å². The Hall–Kier alpha value is -0.0800. The maximum atomic E-state index is 3.56. The first-order valence-corrected chi connectivity index (χ1v) is 8.03. The molecule has 1 rings (SSSR count). The molecule has 0 aromatic heterocycles. The molecule has 0 bridgehead atoms. The molecule has 2 nitrogen and oxygen atoms in total. The predicted octanol–water partition coefficient (Wildman–Crippen LogP) is 3.52. The van der Waals surface area contributed by atoms with Crippen LogP contribution in [0.1, 0.15) is 60.3 Å². The first-order valence-electron chi connectivity index (χ1n) is 8.03. The normalized spacial score (nSPS) is 23.2. The second kappa shape index (κ2) is 7.49. The van der Waals surface area contributed by atoms with E-state index in [1.54, 1.807) is 0 Å². The molecule has 0 spiro atoms. The Labute approximate surface area is 115 Å². The number of nitrogens with zero attached hydrogens (tertiary/aromatic N) is 1. The van der Waals surface area contributed by atoms with Crippen LogP contribution < -0.4 is 5.32 Å². The highest BCUT2D eigenvalue weighted by Crippen LogP contribution is 2.38. The maximum absolute atomic E-state index is 3.56. The summed E-state index contributed by atoms with van der Waals surface area (Å²) in [7, 11) is 0. The van der Waals surface area contributed by atoms with E-state index >= 15 is 0 Å². The summed E-state index contributed by atoms with van der Waals surface area (Å²) >= 11 is 0. The van der Waals surface area contributed by atoms with E-state index in [-0.39, 0.29) is 0 Å². The van der Waals surface area contributed by atoms with Gasteiger partial charge in [0.25, 0.3) is 0 Å². The average Bonchev–Trinajstić information content (AvgIpc) is 2.83. The van der Waals surface area contributed by atoms with E-state index in [2.05, 4.69) is 44.8 Å². The molecule has 1 heterocycles. The lowest BCUT2D eigenvalue weighted by molar-refractivity contribution is 0.163. The van der Waals surface area contributed by atoms with Crippen molar-refractivity contribution in [3.63, 3.8) is 0 Å². The molecule has 0 aromatic carbocycles. The van der Waals surface area contributed by atoms with Crippen LogP contribution in [0.15, 0.2) is 0 Å². The van der Waals surface area contributed by atoms with Gasteiger partial charge in [0.2, 0.25) is 0 Å². The quantitative estimate of drug-likeness (QED) is 0.667. The summed E-state index contributed by atoms with van der Waals surface area (Å²) in [6.45, 7) is 16.7. The van der Waals surface area contributed by atoms with Gasteiger partial charge in [0.05, 0.1) is 0 Å². The molecule has 1 aliphatic rings. The van der Waals surface area contributed by atoms with E-state index in [1.807, 2.05) is 0 Å². The summed E-state index contributed by atoms with van der Waals surface area (Å²) in [5.41, 5.74) is 0.616. The van der Waals surface area contributed by atoms with Crippen LogP contribution in [0.5, 0.6) is 0 Å². The fourth-order valence-corrected chi connectivity index (χ4v) is 3.18. The van der Waals surface area contributed by atoms with Crippen molar-refractivity contribution in [2.45, 2.75) is 66.3 Å². The molecule has 0 aliphatic carbocycles. The lowest BCUT2D eigenvalue weighted by Gasteiger charge is -2.32. The summed E-state index contributed by atoms with van der Waals surface area (Å²) in [5, 5.41) is 3.56. The molecule has 1 aliphatic heterocycles. The van der Waals surface area contributed by atoms with Gasteiger partial charge in [-0.15, -0.1) is 0 Å². The third-order valence-corrected chi connectivity index (χ3v) is 5.26. The van der Waals surface area contributed by atoms with Crippen LogP contribution in [-0.4, -0.2) is 37.1 Å². The summed E-state index contributed by atoms with van der Waals surface area (Å²) < 4.78 is 0. The summed E-state index contributed by atoms with van der Waals surface area (Å²) in [5.74, 6) is 0.751. The molecule has 108 valence electrons. The molecule has 0 saturated carbocycles. The summed E-state index contributed by atoms with van der Waals surface area (Å²) in [6, 6.07) is 0.717. The second-order valence-corrected chi connectivity index (χ2v) is 6.35. The van der Waals surface area contributed by atoms with Crippen LogP contribution >= 0.6 is 0 Å². The SMILES string of the molecule is CCCNCC(C)C(C)N1CCC(CC)(CC)C1. The van der Waals surface area contributed by atoms with E-state index in [0.29, 0.717) is 11.5 Å². The fourth-order valence-electron chi connectivity index (χ4n) is 3.18. The molecular weight excluding hydrogens is 220 g/mol. The average molecular weight is 254 g/mol. The van der Waals surface area contributed by atoms with Crippen molar-refractivity contribution in [2.75, 3.05) is 26.2 Å². The Morgan fingerprint density at radius 1 is 1.17 bits per heavy atom.